The molecule has 2 heterocycles. The molecule has 0 saturated carbocycles. The van der Waals surface area contributed by atoms with E-state index < -0.39 is 5.97 Å². The van der Waals surface area contributed by atoms with Gasteiger partial charge in [0, 0.05) is 12.2 Å². The number of nitrogens with one attached hydrogen (secondary N) is 1. The van der Waals surface area contributed by atoms with Crippen LogP contribution in [0.1, 0.15) is 10.4 Å². The van der Waals surface area contributed by atoms with Crippen molar-refractivity contribution in [1.82, 2.24) is 19.2 Å². The van der Waals surface area contributed by atoms with Crippen molar-refractivity contribution in [2.75, 3.05) is 18.2 Å². The standard InChI is InChI=1S/C22H19N5O4S/c1-3-12-26-19(29)16-6-4-5-7-17(16)27-21(26)24-25-22(27)32-13-18(28)23-15-10-8-14(9-11-15)20(30)31-2/h3-11H,1,12-13H2,2H3,(H,23,28). The van der Waals surface area contributed by atoms with E-state index in [9.17, 15) is 14.4 Å². The molecule has 1 N–H and O–H groups in total. The number of methoxy groups -OCH3 is 1. The summed E-state index contributed by atoms with van der Waals surface area (Å²) in [7, 11) is 1.31. The van der Waals surface area contributed by atoms with Crippen molar-refractivity contribution in [3.05, 3.63) is 77.1 Å². The van der Waals surface area contributed by atoms with E-state index in [2.05, 4.69) is 26.8 Å². The fourth-order valence-corrected chi connectivity index (χ4v) is 4.00. The highest BCUT2D eigenvalue weighted by Crippen LogP contribution is 2.22. The summed E-state index contributed by atoms with van der Waals surface area (Å²) in [6.07, 6.45) is 1.62. The molecule has 162 valence electrons. The van der Waals surface area contributed by atoms with Crippen LogP contribution in [0.25, 0.3) is 16.7 Å². The number of ether oxygens (including phenoxy) is 1. The van der Waals surface area contributed by atoms with Crippen molar-refractivity contribution in [2.24, 2.45) is 0 Å². The van der Waals surface area contributed by atoms with Crippen LogP contribution in [0.2, 0.25) is 0 Å². The van der Waals surface area contributed by atoms with Gasteiger partial charge in [0.1, 0.15) is 0 Å². The molecule has 0 atom stereocenters. The van der Waals surface area contributed by atoms with E-state index in [1.54, 1.807) is 46.9 Å². The Labute approximate surface area is 186 Å². The summed E-state index contributed by atoms with van der Waals surface area (Å²) in [5.41, 5.74) is 1.44. The second-order valence-corrected chi connectivity index (χ2v) is 7.69. The molecular formula is C22H19N5O4S. The zero-order valence-corrected chi connectivity index (χ0v) is 18.0. The van der Waals surface area contributed by atoms with Crippen LogP contribution in [0.15, 0.2) is 71.1 Å². The minimum Gasteiger partial charge on any atom is -0.465 e. The summed E-state index contributed by atoms with van der Waals surface area (Å²) in [6, 6.07) is 13.6. The second-order valence-electron chi connectivity index (χ2n) is 6.75. The molecule has 0 aliphatic rings. The Kier molecular flexibility index (Phi) is 6.04. The predicted octanol–water partition coefficient (Wildman–Crippen LogP) is 2.75. The summed E-state index contributed by atoms with van der Waals surface area (Å²) < 4.78 is 7.92. The highest BCUT2D eigenvalue weighted by molar-refractivity contribution is 7.99. The average molecular weight is 449 g/mol. The molecule has 1 amide bonds. The van der Waals surface area contributed by atoms with Crippen molar-refractivity contribution < 1.29 is 14.3 Å². The predicted molar refractivity (Wildman–Crippen MR) is 122 cm³/mol. The number of allylic oxidation sites excluding steroid dienone is 1. The number of benzene rings is 2. The van der Waals surface area contributed by atoms with Crippen LogP contribution < -0.4 is 10.9 Å². The van der Waals surface area contributed by atoms with Crippen molar-refractivity contribution in [1.29, 1.82) is 0 Å². The van der Waals surface area contributed by atoms with Gasteiger partial charge in [-0.2, -0.15) is 0 Å². The molecule has 0 aliphatic carbocycles. The third kappa shape index (κ3) is 4.00. The maximum absolute atomic E-state index is 12.8. The number of fused-ring (bicyclic) bond motifs is 3. The molecule has 0 radical (unpaired) electrons. The van der Waals surface area contributed by atoms with Crippen LogP contribution >= 0.6 is 11.8 Å². The summed E-state index contributed by atoms with van der Waals surface area (Å²) in [5.74, 6) is -0.232. The van der Waals surface area contributed by atoms with Gasteiger partial charge in [-0.05, 0) is 36.4 Å². The van der Waals surface area contributed by atoms with Gasteiger partial charge in [-0.1, -0.05) is 30.0 Å². The van der Waals surface area contributed by atoms with E-state index in [-0.39, 0.29) is 23.8 Å². The number of thioether (sulfide) groups is 1. The Morgan fingerprint density at radius 1 is 1.16 bits per heavy atom. The van der Waals surface area contributed by atoms with Gasteiger partial charge in [0.15, 0.2) is 5.16 Å². The number of nitrogens with zero attached hydrogens (tertiary/aromatic N) is 4. The third-order valence-electron chi connectivity index (χ3n) is 4.71. The lowest BCUT2D eigenvalue weighted by atomic mass is 10.2. The number of amides is 1. The molecule has 32 heavy (non-hydrogen) atoms. The Hall–Kier alpha value is -3.92. The molecule has 0 fully saturated rings. The number of hydrogen-bond donors (Lipinski definition) is 1. The van der Waals surface area contributed by atoms with Crippen LogP contribution in [0.4, 0.5) is 5.69 Å². The van der Waals surface area contributed by atoms with Crippen LogP contribution in [0.5, 0.6) is 0 Å². The average Bonchev–Trinajstić information content (AvgIpc) is 3.24. The van der Waals surface area contributed by atoms with Gasteiger partial charge >= 0.3 is 5.97 Å². The van der Waals surface area contributed by atoms with E-state index in [1.807, 2.05) is 12.1 Å². The summed E-state index contributed by atoms with van der Waals surface area (Å²) >= 11 is 1.21. The molecule has 2 aromatic heterocycles. The van der Waals surface area contributed by atoms with Crippen molar-refractivity contribution in [3.63, 3.8) is 0 Å². The number of esters is 1. The van der Waals surface area contributed by atoms with Gasteiger partial charge in [-0.15, -0.1) is 16.8 Å². The molecular weight excluding hydrogens is 430 g/mol. The van der Waals surface area contributed by atoms with Crippen molar-refractivity contribution >= 4 is 46.0 Å². The molecule has 0 saturated heterocycles. The first-order valence-corrected chi connectivity index (χ1v) is 10.6. The molecule has 10 heteroatoms. The van der Waals surface area contributed by atoms with Gasteiger partial charge in [0.05, 0.1) is 29.3 Å². The van der Waals surface area contributed by atoms with Crippen molar-refractivity contribution in [3.8, 4) is 0 Å². The fraction of sp³-hybridized carbons (Fsp3) is 0.136. The molecule has 0 spiro atoms. The third-order valence-corrected chi connectivity index (χ3v) is 5.64. The summed E-state index contributed by atoms with van der Waals surface area (Å²) in [5, 5.41) is 12.2. The van der Waals surface area contributed by atoms with Gasteiger partial charge in [-0.3, -0.25) is 18.6 Å². The number of rotatable bonds is 7. The first kappa shape index (κ1) is 21.3. The zero-order valence-electron chi connectivity index (χ0n) is 17.1. The lowest BCUT2D eigenvalue weighted by Gasteiger charge is -2.09. The number of carbonyl (C=O) groups excluding carboxylic acids is 2. The quantitative estimate of drug-likeness (QED) is 0.263. The number of anilines is 1. The van der Waals surface area contributed by atoms with E-state index in [0.29, 0.717) is 33.1 Å². The molecule has 9 nitrogen and oxygen atoms in total. The maximum atomic E-state index is 12.8. The first-order chi connectivity index (χ1) is 15.5. The van der Waals surface area contributed by atoms with E-state index in [1.165, 1.54) is 23.4 Å². The molecule has 0 bridgehead atoms. The second kappa shape index (κ2) is 9.06. The van der Waals surface area contributed by atoms with Gasteiger partial charge in [0.25, 0.3) is 5.56 Å². The van der Waals surface area contributed by atoms with Crippen LogP contribution in [0.3, 0.4) is 0 Å². The maximum Gasteiger partial charge on any atom is 0.337 e. The molecule has 0 unspecified atom stereocenters. The lowest BCUT2D eigenvalue weighted by Crippen LogP contribution is -2.22. The Morgan fingerprint density at radius 2 is 1.91 bits per heavy atom. The minimum absolute atomic E-state index is 0.0778. The van der Waals surface area contributed by atoms with Crippen LogP contribution in [-0.4, -0.2) is 43.9 Å². The van der Waals surface area contributed by atoms with Crippen LogP contribution in [-0.2, 0) is 16.1 Å². The fourth-order valence-electron chi connectivity index (χ4n) is 3.26. The van der Waals surface area contributed by atoms with Gasteiger partial charge in [0.2, 0.25) is 11.7 Å². The Bertz CT molecular complexity index is 1390. The summed E-state index contributed by atoms with van der Waals surface area (Å²) in [4.78, 5) is 36.8. The van der Waals surface area contributed by atoms with Gasteiger partial charge in [-0.25, -0.2) is 4.79 Å². The number of carbonyl (C=O) groups is 2. The molecule has 4 rings (SSSR count). The highest BCUT2D eigenvalue weighted by atomic mass is 32.2. The van der Waals surface area contributed by atoms with E-state index in [0.717, 1.165) is 0 Å². The van der Waals surface area contributed by atoms with E-state index in [4.69, 9.17) is 0 Å². The largest absolute Gasteiger partial charge is 0.465 e. The molecule has 2 aromatic carbocycles. The molecule has 4 aromatic rings. The normalized spacial score (nSPS) is 10.9. The number of aromatic nitrogens is 4. The van der Waals surface area contributed by atoms with Crippen LogP contribution in [0, 0.1) is 0 Å². The Balaban J connectivity index is 1.57. The topological polar surface area (TPSA) is 108 Å². The highest BCUT2D eigenvalue weighted by Gasteiger charge is 2.17. The first-order valence-electron chi connectivity index (χ1n) is 9.62. The SMILES string of the molecule is C=CCn1c(=O)c2ccccc2n2c(SCC(=O)Nc3ccc(C(=O)OC)cc3)nnc12. The Morgan fingerprint density at radius 3 is 2.62 bits per heavy atom. The molecule has 0 aliphatic heterocycles. The van der Waals surface area contributed by atoms with E-state index >= 15 is 0 Å². The smallest absolute Gasteiger partial charge is 0.337 e. The summed E-state index contributed by atoms with van der Waals surface area (Å²) in [6.45, 7) is 4.00. The van der Waals surface area contributed by atoms with Gasteiger partial charge < -0.3 is 10.1 Å². The van der Waals surface area contributed by atoms with Crippen molar-refractivity contribution in [2.45, 2.75) is 11.7 Å². The lowest BCUT2D eigenvalue weighted by molar-refractivity contribution is -0.113. The number of hydrogen-bond acceptors (Lipinski definition) is 7. The minimum atomic E-state index is -0.445. The zero-order chi connectivity index (χ0) is 22.7. The number of para-hydroxylation sites is 1. The monoisotopic (exact) mass is 449 g/mol.